The van der Waals surface area contributed by atoms with Gasteiger partial charge in [0.2, 0.25) is 0 Å². The molecule has 19 heavy (non-hydrogen) atoms. The van der Waals surface area contributed by atoms with Crippen molar-refractivity contribution in [1.82, 2.24) is 11.5 Å². The average Bonchev–Trinajstić information content (AvgIpc) is 2.50. The van der Waals surface area contributed by atoms with Gasteiger partial charge in [-0.1, -0.05) is 0 Å². The molecule has 6 heteroatoms. The van der Waals surface area contributed by atoms with E-state index in [-0.39, 0.29) is 18.0 Å². The van der Waals surface area contributed by atoms with E-state index < -0.39 is 5.60 Å². The van der Waals surface area contributed by atoms with Gasteiger partial charge in [-0.15, -0.1) is 0 Å². The van der Waals surface area contributed by atoms with Gasteiger partial charge < -0.3 is 14.8 Å². The monoisotopic (exact) mass is 266 g/mol. The van der Waals surface area contributed by atoms with Gasteiger partial charge in [-0.25, -0.2) is 4.79 Å². The van der Waals surface area contributed by atoms with Crippen molar-refractivity contribution in [3.8, 4) is 0 Å². The molecule has 1 fully saturated rings. The third kappa shape index (κ3) is 4.33. The molecule has 0 aromatic rings. The van der Waals surface area contributed by atoms with Crippen molar-refractivity contribution in [2.24, 2.45) is 10.9 Å². The first-order valence-corrected chi connectivity index (χ1v) is 6.28. The molecular weight excluding hydrogens is 246 g/mol. The van der Waals surface area contributed by atoms with Crippen molar-refractivity contribution in [1.29, 1.82) is 0 Å². The van der Waals surface area contributed by atoms with Crippen LogP contribution in [0.2, 0.25) is 0 Å². The van der Waals surface area contributed by atoms with Crippen molar-refractivity contribution in [2.75, 3.05) is 26.2 Å². The smallest absolute Gasteiger partial charge is 0.357 e. The predicted molar refractivity (Wildman–Crippen MR) is 70.7 cm³/mol. The second-order valence-corrected chi connectivity index (χ2v) is 5.52. The summed E-state index contributed by atoms with van der Waals surface area (Å²) in [6.45, 7) is 8.41. The highest BCUT2D eigenvalue weighted by molar-refractivity contribution is 6.41. The van der Waals surface area contributed by atoms with E-state index in [1.54, 1.807) is 6.08 Å². The van der Waals surface area contributed by atoms with E-state index in [1.807, 2.05) is 20.8 Å². The third-order valence-electron chi connectivity index (χ3n) is 2.71. The minimum Gasteiger partial charge on any atom is -0.496 e. The van der Waals surface area contributed by atoms with E-state index in [9.17, 15) is 4.79 Å². The normalized spacial score (nSPS) is 22.8. The van der Waals surface area contributed by atoms with E-state index in [1.165, 1.54) is 0 Å². The number of hydrogen-bond acceptors (Lipinski definition) is 5. The quantitative estimate of drug-likeness (QED) is 0.696. The van der Waals surface area contributed by atoms with Gasteiger partial charge >= 0.3 is 5.97 Å². The van der Waals surface area contributed by atoms with E-state index in [4.69, 9.17) is 9.47 Å². The van der Waals surface area contributed by atoms with Crippen LogP contribution in [-0.4, -0.2) is 43.5 Å². The maximum atomic E-state index is 11.9. The summed E-state index contributed by atoms with van der Waals surface area (Å²) in [6.07, 6.45) is 1.72. The zero-order chi connectivity index (χ0) is 13.2. The number of carbonyl (C=O) groups excluding carboxylic acids is 1. The van der Waals surface area contributed by atoms with E-state index in [0.717, 1.165) is 18.8 Å². The molecule has 105 valence electrons. The summed E-state index contributed by atoms with van der Waals surface area (Å²) < 4.78 is 10.9. The number of fused-ring (bicyclic) bond motifs is 1. The molecule has 2 aliphatic heterocycles. The van der Waals surface area contributed by atoms with Gasteiger partial charge in [0.05, 0.1) is 6.54 Å². The Kier molecular flexibility index (Phi) is 5.08. The molecular formula is C13H20N3O3. The maximum Gasteiger partial charge on any atom is 0.357 e. The molecule has 1 N–H and O–H groups in total. The SMILES string of the molecule is CC(C)(C)OC(=O)C1=NCC2CNCCOC2=C1.[N]. The van der Waals surface area contributed by atoms with Crippen molar-refractivity contribution in [3.63, 3.8) is 0 Å². The lowest BCUT2D eigenvalue weighted by atomic mass is 10.0. The molecule has 3 radical (unpaired) electrons. The van der Waals surface area contributed by atoms with Crippen LogP contribution in [0.3, 0.4) is 0 Å². The van der Waals surface area contributed by atoms with Crippen LogP contribution in [0.15, 0.2) is 16.8 Å². The molecule has 0 aliphatic carbocycles. The molecule has 0 aromatic heterocycles. The molecule has 1 saturated heterocycles. The van der Waals surface area contributed by atoms with Crippen LogP contribution in [0.4, 0.5) is 0 Å². The number of hydrogen-bond donors (Lipinski definition) is 1. The first-order chi connectivity index (χ1) is 8.46. The Hall–Kier alpha value is -1.40. The molecule has 0 aromatic carbocycles. The largest absolute Gasteiger partial charge is 0.496 e. The summed E-state index contributed by atoms with van der Waals surface area (Å²) in [5.74, 6) is 0.698. The molecule has 6 nitrogen and oxygen atoms in total. The Morgan fingerprint density at radius 3 is 2.95 bits per heavy atom. The Labute approximate surface area is 113 Å². The first-order valence-electron chi connectivity index (χ1n) is 6.28. The van der Waals surface area contributed by atoms with E-state index in [2.05, 4.69) is 10.3 Å². The molecule has 0 bridgehead atoms. The minimum atomic E-state index is -0.499. The van der Waals surface area contributed by atoms with E-state index in [0.29, 0.717) is 18.9 Å². The first kappa shape index (κ1) is 15.7. The Morgan fingerprint density at radius 2 is 2.26 bits per heavy atom. The summed E-state index contributed by atoms with van der Waals surface area (Å²) in [5, 5.41) is 3.28. The van der Waals surface area contributed by atoms with Gasteiger partial charge in [0.1, 0.15) is 23.7 Å². The maximum absolute atomic E-state index is 11.9. The fraction of sp³-hybridized carbons (Fsp3) is 0.692. The Morgan fingerprint density at radius 1 is 1.53 bits per heavy atom. The van der Waals surface area contributed by atoms with Crippen LogP contribution < -0.4 is 11.5 Å². The summed E-state index contributed by atoms with van der Waals surface area (Å²) in [6, 6.07) is 0. The molecule has 1 atom stereocenters. The van der Waals surface area contributed by atoms with Crippen LogP contribution >= 0.6 is 0 Å². The lowest BCUT2D eigenvalue weighted by molar-refractivity contribution is -0.146. The van der Waals surface area contributed by atoms with Gasteiger partial charge in [0.25, 0.3) is 0 Å². The van der Waals surface area contributed by atoms with Crippen LogP contribution in [0.1, 0.15) is 20.8 Å². The molecule has 1 unspecified atom stereocenters. The number of nitrogens with zero attached hydrogens (tertiary/aromatic N) is 2. The van der Waals surface area contributed by atoms with Crippen molar-refractivity contribution in [3.05, 3.63) is 11.8 Å². The predicted octanol–water partition coefficient (Wildman–Crippen LogP) is 0.422. The summed E-state index contributed by atoms with van der Waals surface area (Å²) >= 11 is 0. The van der Waals surface area contributed by atoms with Gasteiger partial charge in [-0.2, -0.15) is 0 Å². The summed E-state index contributed by atoms with van der Waals surface area (Å²) in [5.41, 5.74) is -0.140. The van der Waals surface area contributed by atoms with Crippen molar-refractivity contribution in [2.45, 2.75) is 26.4 Å². The van der Waals surface area contributed by atoms with E-state index >= 15 is 0 Å². The number of rotatable bonds is 1. The molecule has 0 saturated carbocycles. The second kappa shape index (κ2) is 6.16. The molecule has 0 spiro atoms. The molecule has 0 amide bonds. The Bertz CT molecular complexity index is 396. The highest BCUT2D eigenvalue weighted by atomic mass is 16.6. The summed E-state index contributed by atoms with van der Waals surface area (Å²) in [4.78, 5) is 16.2. The zero-order valence-corrected chi connectivity index (χ0v) is 11.6. The molecule has 2 heterocycles. The third-order valence-corrected chi connectivity index (χ3v) is 2.71. The fourth-order valence-electron chi connectivity index (χ4n) is 1.89. The van der Waals surface area contributed by atoms with Crippen LogP contribution in [0, 0.1) is 5.92 Å². The molecule has 2 rings (SSSR count). The zero-order valence-electron chi connectivity index (χ0n) is 11.6. The van der Waals surface area contributed by atoms with Crippen LogP contribution in [0.25, 0.3) is 0 Å². The number of ether oxygens (including phenoxy) is 2. The minimum absolute atomic E-state index is 0. The van der Waals surface area contributed by atoms with Crippen LogP contribution in [-0.2, 0) is 14.3 Å². The highest BCUT2D eigenvalue weighted by Gasteiger charge is 2.27. The van der Waals surface area contributed by atoms with Gasteiger partial charge in [-0.3, -0.25) is 4.99 Å². The van der Waals surface area contributed by atoms with Gasteiger partial charge in [0.15, 0.2) is 0 Å². The van der Waals surface area contributed by atoms with Crippen molar-refractivity contribution >= 4 is 11.7 Å². The number of aliphatic imine (C=N–C) groups is 1. The van der Waals surface area contributed by atoms with Gasteiger partial charge in [-0.05, 0) is 20.8 Å². The lowest BCUT2D eigenvalue weighted by Gasteiger charge is -2.23. The van der Waals surface area contributed by atoms with Crippen molar-refractivity contribution < 1.29 is 14.3 Å². The number of esters is 1. The summed E-state index contributed by atoms with van der Waals surface area (Å²) in [7, 11) is 0. The average molecular weight is 266 g/mol. The highest BCUT2D eigenvalue weighted by Crippen LogP contribution is 2.20. The molecule has 2 aliphatic rings. The standard InChI is InChI=1S/C13H20N2O3.N/c1-13(2,3)18-12(16)10-6-11-9(8-15-10)7-14-4-5-17-11;/h6,9,14H,4-5,7-8H2,1-3H3;. The topological polar surface area (TPSA) is 90.4 Å². The lowest BCUT2D eigenvalue weighted by Crippen LogP contribution is -2.32. The second-order valence-electron chi connectivity index (χ2n) is 5.52. The number of nitrogens with one attached hydrogen (secondary N) is 1. The number of carbonyl (C=O) groups is 1. The Balaban J connectivity index is 0.00000180. The van der Waals surface area contributed by atoms with Crippen LogP contribution in [0.5, 0.6) is 0 Å². The number of dihydropyridines is 1. The van der Waals surface area contributed by atoms with Gasteiger partial charge in [0, 0.05) is 31.2 Å². The fourth-order valence-corrected chi connectivity index (χ4v) is 1.89.